The lowest BCUT2D eigenvalue weighted by Crippen LogP contribution is -2.22. The van der Waals surface area contributed by atoms with Crippen molar-refractivity contribution in [3.8, 4) is 5.75 Å². The van der Waals surface area contributed by atoms with Gasteiger partial charge in [-0.05, 0) is 32.9 Å². The van der Waals surface area contributed by atoms with Gasteiger partial charge in [0.2, 0.25) is 10.0 Å². The molecule has 1 rings (SSSR count). The van der Waals surface area contributed by atoms with Crippen LogP contribution in [0, 0.1) is 0 Å². The van der Waals surface area contributed by atoms with Crippen LogP contribution in [0.25, 0.3) is 0 Å². The lowest BCUT2D eigenvalue weighted by atomic mass is 10.2. The van der Waals surface area contributed by atoms with Gasteiger partial charge in [0, 0.05) is 0 Å². The molecule has 1 aromatic carbocycles. The normalized spacial score (nSPS) is 12.5. The van der Waals surface area contributed by atoms with E-state index in [1.807, 2.05) is 20.8 Å². The Morgan fingerprint density at radius 1 is 1.15 bits per heavy atom. The summed E-state index contributed by atoms with van der Waals surface area (Å²) in [6.45, 7) is 6.42. The van der Waals surface area contributed by atoms with E-state index >= 15 is 0 Å². The topological polar surface area (TPSA) is 78.6 Å². The summed E-state index contributed by atoms with van der Waals surface area (Å²) in [4.78, 5) is -0.234. The van der Waals surface area contributed by atoms with Crippen molar-refractivity contribution < 1.29 is 17.9 Å². The summed E-state index contributed by atoms with van der Waals surface area (Å²) in [5, 5.41) is 4.87. The van der Waals surface area contributed by atoms with E-state index in [-0.39, 0.29) is 32.9 Å². The van der Waals surface area contributed by atoms with Gasteiger partial charge in [0.05, 0.1) is 17.2 Å². The molecule has 0 aliphatic carbocycles. The predicted molar refractivity (Wildman–Crippen MR) is 79.0 cm³/mol. The number of hydrogen-bond acceptors (Lipinski definition) is 4. The fraction of sp³-hybridized carbons (Fsp3) is 0.500. The van der Waals surface area contributed by atoms with Crippen molar-refractivity contribution >= 4 is 33.2 Å². The van der Waals surface area contributed by atoms with E-state index in [0.29, 0.717) is 6.61 Å². The molecule has 0 aromatic heterocycles. The van der Waals surface area contributed by atoms with Gasteiger partial charge in [-0.25, -0.2) is 13.6 Å². The molecule has 0 saturated heterocycles. The van der Waals surface area contributed by atoms with Gasteiger partial charge in [0.25, 0.3) is 0 Å². The number of halogens is 2. The van der Waals surface area contributed by atoms with Crippen LogP contribution < -0.4 is 9.88 Å². The molecule has 0 atom stereocenters. The van der Waals surface area contributed by atoms with Crippen LogP contribution in [0.4, 0.5) is 0 Å². The standard InChI is InChI=1S/C12H17Cl2NO4S/c1-12(2,3)19-7-6-18-8-4-5-9(20(15,16)17)11(14)10(8)13/h4-5H,6-7H2,1-3H3,(H2,15,16,17). The van der Waals surface area contributed by atoms with Crippen LogP contribution in [-0.2, 0) is 14.8 Å². The highest BCUT2D eigenvalue weighted by molar-refractivity contribution is 7.89. The Morgan fingerprint density at radius 2 is 1.75 bits per heavy atom. The van der Waals surface area contributed by atoms with Crippen molar-refractivity contribution in [2.75, 3.05) is 13.2 Å². The van der Waals surface area contributed by atoms with Gasteiger partial charge in [-0.1, -0.05) is 23.2 Å². The van der Waals surface area contributed by atoms with E-state index in [1.165, 1.54) is 12.1 Å². The highest BCUT2D eigenvalue weighted by Crippen LogP contribution is 2.36. The molecule has 5 nitrogen and oxygen atoms in total. The maximum Gasteiger partial charge on any atom is 0.239 e. The number of ether oxygens (including phenoxy) is 2. The van der Waals surface area contributed by atoms with Crippen LogP contribution >= 0.6 is 23.2 Å². The van der Waals surface area contributed by atoms with Crippen LogP contribution in [0.3, 0.4) is 0 Å². The fourth-order valence-corrected chi connectivity index (χ4v) is 2.71. The van der Waals surface area contributed by atoms with Crippen LogP contribution in [0.2, 0.25) is 10.0 Å². The summed E-state index contributed by atoms with van der Waals surface area (Å²) >= 11 is 11.8. The number of benzene rings is 1. The molecule has 0 aliphatic heterocycles. The highest BCUT2D eigenvalue weighted by atomic mass is 35.5. The van der Waals surface area contributed by atoms with Crippen molar-refractivity contribution in [1.29, 1.82) is 0 Å². The van der Waals surface area contributed by atoms with E-state index < -0.39 is 10.0 Å². The molecule has 0 aliphatic rings. The second-order valence-electron chi connectivity index (χ2n) is 5.04. The largest absolute Gasteiger partial charge is 0.490 e. The minimum Gasteiger partial charge on any atom is -0.490 e. The van der Waals surface area contributed by atoms with Crippen molar-refractivity contribution in [2.45, 2.75) is 31.3 Å². The highest BCUT2D eigenvalue weighted by Gasteiger charge is 2.18. The Labute approximate surface area is 129 Å². The molecule has 0 unspecified atom stereocenters. The van der Waals surface area contributed by atoms with Gasteiger partial charge >= 0.3 is 0 Å². The third-order valence-electron chi connectivity index (χ3n) is 2.19. The SMILES string of the molecule is CC(C)(C)OCCOc1ccc(S(N)(=O)=O)c(Cl)c1Cl. The summed E-state index contributed by atoms with van der Waals surface area (Å²) in [5.41, 5.74) is -0.262. The Morgan fingerprint density at radius 3 is 2.25 bits per heavy atom. The van der Waals surface area contributed by atoms with Gasteiger partial charge < -0.3 is 9.47 Å². The maximum atomic E-state index is 11.3. The van der Waals surface area contributed by atoms with Crippen molar-refractivity contribution in [3.63, 3.8) is 0 Å². The monoisotopic (exact) mass is 341 g/mol. The molecule has 8 heteroatoms. The van der Waals surface area contributed by atoms with Gasteiger partial charge in [0.1, 0.15) is 22.3 Å². The predicted octanol–water partition coefficient (Wildman–Crippen LogP) is 2.83. The zero-order chi connectivity index (χ0) is 15.6. The summed E-state index contributed by atoms with van der Waals surface area (Å²) in [5.74, 6) is 0.279. The number of nitrogens with two attached hydrogens (primary N) is 1. The first-order chi connectivity index (χ1) is 9.02. The first-order valence-electron chi connectivity index (χ1n) is 5.80. The Hall–Kier alpha value is -0.530. The number of rotatable bonds is 5. The summed E-state index contributed by atoms with van der Waals surface area (Å²) in [7, 11) is -3.91. The summed E-state index contributed by atoms with van der Waals surface area (Å²) < 4.78 is 33.4. The molecule has 1 aromatic rings. The van der Waals surface area contributed by atoms with Crippen LogP contribution in [0.15, 0.2) is 17.0 Å². The Bertz CT molecular complexity index is 582. The quantitative estimate of drug-likeness (QED) is 0.835. The second kappa shape index (κ2) is 6.49. The second-order valence-corrected chi connectivity index (χ2v) is 7.33. The maximum absolute atomic E-state index is 11.3. The molecule has 0 heterocycles. The molecule has 0 bridgehead atoms. The first-order valence-corrected chi connectivity index (χ1v) is 8.10. The van der Waals surface area contributed by atoms with Crippen LogP contribution in [0.5, 0.6) is 5.75 Å². The van der Waals surface area contributed by atoms with Gasteiger partial charge in [0.15, 0.2) is 0 Å². The average molecular weight is 342 g/mol. The van der Waals surface area contributed by atoms with E-state index in [0.717, 1.165) is 0 Å². The van der Waals surface area contributed by atoms with Gasteiger partial charge in [-0.15, -0.1) is 0 Å². The molecule has 0 amide bonds. The third-order valence-corrected chi connectivity index (χ3v) is 4.12. The van der Waals surface area contributed by atoms with Crippen molar-refractivity contribution in [3.05, 3.63) is 22.2 Å². The van der Waals surface area contributed by atoms with Crippen molar-refractivity contribution in [1.82, 2.24) is 0 Å². The van der Waals surface area contributed by atoms with E-state index in [2.05, 4.69) is 0 Å². The molecular weight excluding hydrogens is 325 g/mol. The number of hydrogen-bond donors (Lipinski definition) is 1. The molecule has 20 heavy (non-hydrogen) atoms. The van der Waals surface area contributed by atoms with E-state index in [1.54, 1.807) is 0 Å². The molecule has 0 fully saturated rings. The molecule has 0 saturated carbocycles. The minimum atomic E-state index is -3.91. The number of sulfonamides is 1. The zero-order valence-electron chi connectivity index (χ0n) is 11.4. The molecule has 114 valence electrons. The van der Waals surface area contributed by atoms with Gasteiger partial charge in [-0.3, -0.25) is 0 Å². The number of primary sulfonamides is 1. The zero-order valence-corrected chi connectivity index (χ0v) is 13.8. The van der Waals surface area contributed by atoms with E-state index in [9.17, 15) is 8.42 Å². The first kappa shape index (κ1) is 17.5. The minimum absolute atomic E-state index is 0.00829. The van der Waals surface area contributed by atoms with Crippen molar-refractivity contribution in [2.24, 2.45) is 5.14 Å². The molecule has 2 N–H and O–H groups in total. The van der Waals surface area contributed by atoms with Crippen LogP contribution in [-0.4, -0.2) is 27.2 Å². The summed E-state index contributed by atoms with van der Waals surface area (Å²) in [6, 6.07) is 2.66. The Balaban J connectivity index is 2.77. The average Bonchev–Trinajstić information content (AvgIpc) is 2.26. The third kappa shape index (κ3) is 5.10. The van der Waals surface area contributed by atoms with Crippen LogP contribution in [0.1, 0.15) is 20.8 Å². The summed E-state index contributed by atoms with van der Waals surface area (Å²) in [6.07, 6.45) is 0. The lowest BCUT2D eigenvalue weighted by Gasteiger charge is -2.19. The smallest absolute Gasteiger partial charge is 0.239 e. The van der Waals surface area contributed by atoms with Gasteiger partial charge in [-0.2, -0.15) is 0 Å². The lowest BCUT2D eigenvalue weighted by molar-refractivity contribution is -0.0162. The molecule has 0 spiro atoms. The molecular formula is C12H17Cl2NO4S. The van der Waals surface area contributed by atoms with E-state index in [4.69, 9.17) is 37.8 Å². The molecule has 0 radical (unpaired) electrons. The fourth-order valence-electron chi connectivity index (χ4n) is 1.34. The Kier molecular flexibility index (Phi) is 5.69.